The van der Waals surface area contributed by atoms with Gasteiger partial charge in [0.05, 0.1) is 6.54 Å². The van der Waals surface area contributed by atoms with Crippen molar-refractivity contribution in [3.63, 3.8) is 0 Å². The molecule has 2 heterocycles. The first-order chi connectivity index (χ1) is 7.05. The fourth-order valence-corrected chi connectivity index (χ4v) is 2.13. The quantitative estimate of drug-likeness (QED) is 0.795. The third-order valence-electron chi connectivity index (χ3n) is 2.94. The molecule has 1 atom stereocenters. The first-order valence-corrected chi connectivity index (χ1v) is 5.59. The van der Waals surface area contributed by atoms with Gasteiger partial charge in [0.1, 0.15) is 11.5 Å². The highest BCUT2D eigenvalue weighted by Crippen LogP contribution is 2.18. The summed E-state index contributed by atoms with van der Waals surface area (Å²) in [7, 11) is 0. The summed E-state index contributed by atoms with van der Waals surface area (Å²) in [4.78, 5) is 0. The second-order valence-electron chi connectivity index (χ2n) is 5.06. The van der Waals surface area contributed by atoms with Gasteiger partial charge in [-0.05, 0) is 39.3 Å². The van der Waals surface area contributed by atoms with Gasteiger partial charge in [-0.1, -0.05) is 0 Å². The van der Waals surface area contributed by atoms with Crippen LogP contribution in [0.25, 0.3) is 0 Å². The predicted molar refractivity (Wildman–Crippen MR) is 60.8 cm³/mol. The molecule has 3 nitrogen and oxygen atoms in total. The third kappa shape index (κ3) is 2.83. The lowest BCUT2D eigenvalue weighted by molar-refractivity contribution is 0.419. The van der Waals surface area contributed by atoms with Crippen LogP contribution in [0.4, 0.5) is 0 Å². The Bertz CT molecular complexity index is 330. The monoisotopic (exact) mass is 208 g/mol. The molecule has 0 amide bonds. The molecule has 3 heteroatoms. The average molecular weight is 208 g/mol. The van der Waals surface area contributed by atoms with Crippen molar-refractivity contribution in [2.45, 2.75) is 45.3 Å². The fraction of sp³-hybridized carbons (Fsp3) is 0.667. The predicted octanol–water partition coefficient (Wildman–Crippen LogP) is 1.82. The normalized spacial score (nSPS) is 24.6. The molecule has 0 spiro atoms. The highest BCUT2D eigenvalue weighted by molar-refractivity contribution is 5.05. The first kappa shape index (κ1) is 10.7. The molecule has 0 aromatic carbocycles. The van der Waals surface area contributed by atoms with Crippen molar-refractivity contribution in [2.24, 2.45) is 0 Å². The van der Waals surface area contributed by atoms with E-state index in [0.717, 1.165) is 24.6 Å². The molecule has 0 radical (unpaired) electrons. The Morgan fingerprint density at radius 2 is 2.33 bits per heavy atom. The summed E-state index contributed by atoms with van der Waals surface area (Å²) in [6, 6.07) is 4.61. The standard InChI is InChI=1S/C12H20N2O/c1-9-4-5-11(15-9)8-13-10-6-12(2,3)14-7-10/h4-5,10,13-14H,6-8H2,1-3H3. The molecule has 1 fully saturated rings. The van der Waals surface area contributed by atoms with E-state index in [1.165, 1.54) is 6.42 Å². The zero-order chi connectivity index (χ0) is 10.9. The zero-order valence-electron chi connectivity index (χ0n) is 9.76. The number of aryl methyl sites for hydroxylation is 1. The van der Waals surface area contributed by atoms with Crippen LogP contribution in [0.3, 0.4) is 0 Å². The molecule has 0 saturated carbocycles. The van der Waals surface area contributed by atoms with Gasteiger partial charge in [-0.15, -0.1) is 0 Å². The molecule has 1 unspecified atom stereocenters. The van der Waals surface area contributed by atoms with Crippen LogP contribution in [0.5, 0.6) is 0 Å². The molecule has 0 aliphatic carbocycles. The summed E-state index contributed by atoms with van der Waals surface area (Å²) in [5.41, 5.74) is 0.275. The lowest BCUT2D eigenvalue weighted by Gasteiger charge is -2.17. The zero-order valence-corrected chi connectivity index (χ0v) is 9.76. The highest BCUT2D eigenvalue weighted by atomic mass is 16.3. The van der Waals surface area contributed by atoms with E-state index in [0.29, 0.717) is 6.04 Å². The Kier molecular flexibility index (Phi) is 2.85. The van der Waals surface area contributed by atoms with E-state index in [1.54, 1.807) is 0 Å². The molecular formula is C12H20N2O. The Hall–Kier alpha value is -0.800. The molecule has 84 valence electrons. The maximum Gasteiger partial charge on any atom is 0.117 e. The minimum absolute atomic E-state index is 0.275. The molecule has 1 saturated heterocycles. The van der Waals surface area contributed by atoms with Crippen LogP contribution in [0, 0.1) is 6.92 Å². The molecule has 1 aliphatic rings. The van der Waals surface area contributed by atoms with Crippen LogP contribution in [0.1, 0.15) is 31.8 Å². The van der Waals surface area contributed by atoms with E-state index >= 15 is 0 Å². The van der Waals surface area contributed by atoms with Crippen molar-refractivity contribution in [3.8, 4) is 0 Å². The van der Waals surface area contributed by atoms with Gasteiger partial charge in [-0.2, -0.15) is 0 Å². The molecule has 2 N–H and O–H groups in total. The molecule has 1 aromatic rings. The van der Waals surface area contributed by atoms with Crippen molar-refractivity contribution in [1.82, 2.24) is 10.6 Å². The van der Waals surface area contributed by atoms with Crippen LogP contribution in [0.2, 0.25) is 0 Å². The maximum absolute atomic E-state index is 5.51. The molecule has 15 heavy (non-hydrogen) atoms. The number of hydrogen-bond donors (Lipinski definition) is 2. The maximum atomic E-state index is 5.51. The van der Waals surface area contributed by atoms with Crippen molar-refractivity contribution in [1.29, 1.82) is 0 Å². The number of furan rings is 1. The number of rotatable bonds is 3. The van der Waals surface area contributed by atoms with Gasteiger partial charge in [0.15, 0.2) is 0 Å². The fourth-order valence-electron chi connectivity index (χ4n) is 2.13. The number of nitrogens with one attached hydrogen (secondary N) is 2. The van der Waals surface area contributed by atoms with E-state index in [4.69, 9.17) is 4.42 Å². The molecule has 2 rings (SSSR count). The SMILES string of the molecule is Cc1ccc(CNC2CNC(C)(C)C2)o1. The Balaban J connectivity index is 1.80. The van der Waals surface area contributed by atoms with Crippen LogP contribution in [-0.2, 0) is 6.54 Å². The summed E-state index contributed by atoms with van der Waals surface area (Å²) in [6.07, 6.45) is 1.17. The van der Waals surface area contributed by atoms with Gasteiger partial charge >= 0.3 is 0 Å². The summed E-state index contributed by atoms with van der Waals surface area (Å²) in [5.74, 6) is 2.01. The first-order valence-electron chi connectivity index (χ1n) is 5.59. The van der Waals surface area contributed by atoms with Crippen molar-refractivity contribution >= 4 is 0 Å². The van der Waals surface area contributed by atoms with Crippen LogP contribution < -0.4 is 10.6 Å². The van der Waals surface area contributed by atoms with Gasteiger partial charge in [0, 0.05) is 18.1 Å². The smallest absolute Gasteiger partial charge is 0.117 e. The minimum Gasteiger partial charge on any atom is -0.465 e. The van der Waals surface area contributed by atoms with Gasteiger partial charge < -0.3 is 15.1 Å². The Morgan fingerprint density at radius 3 is 2.87 bits per heavy atom. The van der Waals surface area contributed by atoms with E-state index in [-0.39, 0.29) is 5.54 Å². The highest BCUT2D eigenvalue weighted by Gasteiger charge is 2.29. The summed E-state index contributed by atoms with van der Waals surface area (Å²) in [6.45, 7) is 8.34. The largest absolute Gasteiger partial charge is 0.465 e. The number of hydrogen-bond acceptors (Lipinski definition) is 3. The minimum atomic E-state index is 0.275. The van der Waals surface area contributed by atoms with Crippen LogP contribution in [-0.4, -0.2) is 18.1 Å². The summed E-state index contributed by atoms with van der Waals surface area (Å²) in [5, 5.41) is 7.00. The van der Waals surface area contributed by atoms with Crippen LogP contribution >= 0.6 is 0 Å². The van der Waals surface area contributed by atoms with Gasteiger partial charge in [-0.3, -0.25) is 0 Å². The topological polar surface area (TPSA) is 37.2 Å². The Labute approximate surface area is 91.2 Å². The lowest BCUT2D eigenvalue weighted by atomic mass is 10.0. The van der Waals surface area contributed by atoms with Gasteiger partial charge in [0.2, 0.25) is 0 Å². The molecule has 1 aromatic heterocycles. The van der Waals surface area contributed by atoms with Crippen molar-refractivity contribution < 1.29 is 4.42 Å². The third-order valence-corrected chi connectivity index (χ3v) is 2.94. The second-order valence-corrected chi connectivity index (χ2v) is 5.06. The molecule has 0 bridgehead atoms. The van der Waals surface area contributed by atoms with E-state index in [2.05, 4.69) is 24.5 Å². The Morgan fingerprint density at radius 1 is 1.53 bits per heavy atom. The van der Waals surface area contributed by atoms with Crippen molar-refractivity contribution in [3.05, 3.63) is 23.7 Å². The van der Waals surface area contributed by atoms with Crippen LogP contribution in [0.15, 0.2) is 16.5 Å². The van der Waals surface area contributed by atoms with E-state index in [9.17, 15) is 0 Å². The van der Waals surface area contributed by atoms with Gasteiger partial charge in [-0.25, -0.2) is 0 Å². The van der Waals surface area contributed by atoms with E-state index in [1.807, 2.05) is 19.1 Å². The average Bonchev–Trinajstić information content (AvgIpc) is 2.69. The summed E-state index contributed by atoms with van der Waals surface area (Å²) < 4.78 is 5.51. The lowest BCUT2D eigenvalue weighted by Crippen LogP contribution is -2.31. The summed E-state index contributed by atoms with van der Waals surface area (Å²) >= 11 is 0. The van der Waals surface area contributed by atoms with E-state index < -0.39 is 0 Å². The van der Waals surface area contributed by atoms with Crippen molar-refractivity contribution in [2.75, 3.05) is 6.54 Å². The molecular weight excluding hydrogens is 188 g/mol. The molecule has 1 aliphatic heterocycles. The van der Waals surface area contributed by atoms with Gasteiger partial charge in [0.25, 0.3) is 0 Å². The second kappa shape index (κ2) is 3.99.